The number of hydrogen-bond acceptors (Lipinski definition) is 2. The van der Waals surface area contributed by atoms with E-state index in [1.807, 2.05) is 0 Å². The molecule has 0 spiro atoms. The maximum absolute atomic E-state index is 0. The second kappa shape index (κ2) is 138. The van der Waals surface area contributed by atoms with Crippen LogP contribution in [-0.4, -0.2) is 48.7 Å². The SMILES string of the molecule is [Ca+2].[F-].[F-].[Na+].[O-2].[O-2].[OH-].[OH-].[Ta+5]. The average Bonchev–Trinajstić information content (AvgIpc) is 0. The predicted molar refractivity (Wildman–Crippen MR) is 11.0 cm³/mol. The second-order valence-corrected chi connectivity index (χ2v) is 0. The van der Waals surface area contributed by atoms with E-state index in [0.717, 1.165) is 0 Å². The van der Waals surface area contributed by atoms with Crippen LogP contribution in [0.2, 0.25) is 0 Å². The Morgan fingerprint density at radius 3 is 0.667 bits per heavy atom. The first-order valence-electron chi connectivity index (χ1n) is 0. The van der Waals surface area contributed by atoms with E-state index in [1.54, 1.807) is 0 Å². The Morgan fingerprint density at radius 2 is 0.667 bits per heavy atom. The van der Waals surface area contributed by atoms with Gasteiger partial charge in [0.2, 0.25) is 0 Å². The second-order valence-electron chi connectivity index (χ2n) is 0. The number of rotatable bonds is 0. The molecule has 9 heavy (non-hydrogen) atoms. The van der Waals surface area contributed by atoms with Crippen molar-refractivity contribution in [2.24, 2.45) is 0 Å². The standard InChI is InChI=1S/Ca.2FH.Na.2H2O.2O.Ta/h;2*1H;;2*1H2;;;/q+2;;;+1;;;2*-2;+5/p-4. The largest absolute Gasteiger partial charge is 5.00 e. The van der Waals surface area contributed by atoms with Crippen LogP contribution in [0.1, 0.15) is 0 Å². The molecule has 0 heterocycles. The minimum absolute atomic E-state index is 0. The van der Waals surface area contributed by atoms with Crippen molar-refractivity contribution in [3.05, 3.63) is 0 Å². The predicted octanol–water partition coefficient (Wildman–Crippen LogP) is -9.96. The Bertz CT molecular complexity index is 18.5. The van der Waals surface area contributed by atoms with Crippen molar-refractivity contribution >= 4 is 37.7 Å². The van der Waals surface area contributed by atoms with E-state index in [4.69, 9.17) is 0 Å². The molecule has 0 aromatic heterocycles. The van der Waals surface area contributed by atoms with Crippen molar-refractivity contribution < 1.29 is 83.3 Å². The third-order valence-electron chi connectivity index (χ3n) is 0. The fraction of sp³-hybridized carbons (Fsp3) is 0. The smallest absolute Gasteiger partial charge is 2.00 e. The maximum atomic E-state index is 0. The van der Waals surface area contributed by atoms with E-state index < -0.39 is 0 Å². The van der Waals surface area contributed by atoms with Crippen molar-refractivity contribution in [2.45, 2.75) is 0 Å². The van der Waals surface area contributed by atoms with E-state index in [9.17, 15) is 0 Å². The molecule has 0 unspecified atom stereocenters. The molecule has 4 nitrogen and oxygen atoms in total. The summed E-state index contributed by atoms with van der Waals surface area (Å²) < 4.78 is 0. The Morgan fingerprint density at radius 1 is 0.667 bits per heavy atom. The normalized spacial score (nSPS) is 0. The molecule has 2 N–H and O–H groups in total. The van der Waals surface area contributed by atoms with E-state index >= 15 is 0 Å². The van der Waals surface area contributed by atoms with E-state index in [2.05, 4.69) is 0 Å². The van der Waals surface area contributed by atoms with E-state index in [1.165, 1.54) is 0 Å². The molecule has 0 saturated carbocycles. The van der Waals surface area contributed by atoms with Gasteiger partial charge in [-0.05, 0) is 0 Å². The summed E-state index contributed by atoms with van der Waals surface area (Å²) in [7, 11) is 0. The minimum Gasteiger partial charge on any atom is -2.00 e. The van der Waals surface area contributed by atoms with Crippen molar-refractivity contribution in [3.63, 3.8) is 0 Å². The molecule has 0 aliphatic rings. The molecule has 0 aliphatic carbocycles. The van der Waals surface area contributed by atoms with Gasteiger partial charge in [-0.1, -0.05) is 0 Å². The van der Waals surface area contributed by atoms with Crippen molar-refractivity contribution in [2.75, 3.05) is 0 Å². The third kappa shape index (κ3) is 111. The van der Waals surface area contributed by atoms with Crippen LogP contribution in [0.25, 0.3) is 0 Å². The van der Waals surface area contributed by atoms with Gasteiger partial charge in [-0.3, -0.25) is 0 Å². The van der Waals surface area contributed by atoms with Gasteiger partial charge in [0.05, 0.1) is 0 Å². The van der Waals surface area contributed by atoms with E-state index in [0.29, 0.717) is 0 Å². The summed E-state index contributed by atoms with van der Waals surface area (Å²) in [6, 6.07) is 0. The van der Waals surface area contributed by atoms with Gasteiger partial charge in [0.15, 0.2) is 0 Å². The van der Waals surface area contributed by atoms with Crippen LogP contribution in [0.3, 0.4) is 0 Å². The zero-order valence-electron chi connectivity index (χ0n) is 4.62. The fourth-order valence-corrected chi connectivity index (χ4v) is 0. The quantitative estimate of drug-likeness (QED) is 0.404. The summed E-state index contributed by atoms with van der Waals surface area (Å²) in [5.74, 6) is 0. The first-order chi connectivity index (χ1) is 0. The molecule has 0 aliphatic heterocycles. The zero-order valence-corrected chi connectivity index (χ0v) is 12.0. The Hall–Kier alpha value is 2.70. The topological polar surface area (TPSA) is 117 Å². The van der Waals surface area contributed by atoms with Crippen molar-refractivity contribution in [1.82, 2.24) is 0 Å². The summed E-state index contributed by atoms with van der Waals surface area (Å²) in [6.07, 6.45) is 0. The van der Waals surface area contributed by atoms with Gasteiger partial charge in [-0.15, -0.1) is 0 Å². The molecule has 0 aromatic carbocycles. The molecule has 0 bridgehead atoms. The first kappa shape index (κ1) is 184. The van der Waals surface area contributed by atoms with Gasteiger partial charge in [-0.2, -0.15) is 0 Å². The summed E-state index contributed by atoms with van der Waals surface area (Å²) in [6.45, 7) is 0. The summed E-state index contributed by atoms with van der Waals surface area (Å²) >= 11 is 0. The molecule has 48 valence electrons. The molecule has 0 atom stereocenters. The number of halogens is 2. The minimum atomic E-state index is 0. The van der Waals surface area contributed by atoms with Crippen LogP contribution in [0, 0.1) is 0 Å². The fourth-order valence-electron chi connectivity index (χ4n) is 0. The van der Waals surface area contributed by atoms with Crippen LogP contribution >= 0.6 is 0 Å². The van der Waals surface area contributed by atoms with Crippen molar-refractivity contribution in [1.29, 1.82) is 0 Å². The van der Waals surface area contributed by atoms with Crippen molar-refractivity contribution in [3.8, 4) is 0 Å². The average molecular weight is 348 g/mol. The molecular weight excluding hydrogens is 346 g/mol. The molecule has 0 fully saturated rings. The Balaban J connectivity index is 0. The van der Waals surface area contributed by atoms with Gasteiger partial charge in [-0.25, -0.2) is 0 Å². The molecular formula is H2CaF2NaO4Ta. The number of hydrogen-bond donors (Lipinski definition) is 0. The third-order valence-corrected chi connectivity index (χ3v) is 0. The Labute approximate surface area is 119 Å². The monoisotopic (exact) mass is 348 g/mol. The summed E-state index contributed by atoms with van der Waals surface area (Å²) in [5.41, 5.74) is 0. The van der Waals surface area contributed by atoms with Crippen LogP contribution < -0.4 is 39.0 Å². The Kier molecular flexibility index (Phi) is 2820. The molecule has 0 aromatic rings. The molecule has 9 heteroatoms. The van der Waals surface area contributed by atoms with Crippen LogP contribution in [0.5, 0.6) is 0 Å². The maximum Gasteiger partial charge on any atom is 5.00 e. The molecule has 0 amide bonds. The van der Waals surface area contributed by atoms with Crippen LogP contribution in [-0.2, 0) is 33.3 Å². The van der Waals surface area contributed by atoms with Gasteiger partial charge in [0.1, 0.15) is 0 Å². The van der Waals surface area contributed by atoms with E-state index in [-0.39, 0.29) is 121 Å². The molecule has 0 rings (SSSR count). The zero-order chi connectivity index (χ0) is 0. The molecule has 0 saturated heterocycles. The summed E-state index contributed by atoms with van der Waals surface area (Å²) in [5, 5.41) is 0. The first-order valence-corrected chi connectivity index (χ1v) is 0. The van der Waals surface area contributed by atoms with Gasteiger partial charge >= 0.3 is 89.7 Å². The van der Waals surface area contributed by atoms with Gasteiger partial charge in [0.25, 0.3) is 0 Å². The van der Waals surface area contributed by atoms with Crippen LogP contribution in [0.15, 0.2) is 0 Å². The summed E-state index contributed by atoms with van der Waals surface area (Å²) in [4.78, 5) is 0. The van der Waals surface area contributed by atoms with Gasteiger partial charge in [0, 0.05) is 0 Å². The van der Waals surface area contributed by atoms with Gasteiger partial charge < -0.3 is 31.3 Å². The molecule has 0 radical (unpaired) electrons. The van der Waals surface area contributed by atoms with Crippen LogP contribution in [0.4, 0.5) is 0 Å².